The number of hydrogen-bond acceptors (Lipinski definition) is 3. The molecule has 0 radical (unpaired) electrons. The Balaban J connectivity index is 3.83. The Morgan fingerprint density at radius 2 is 2.00 bits per heavy atom. The molecular formula is C9H20N2O2. The summed E-state index contributed by atoms with van der Waals surface area (Å²) >= 11 is 0. The zero-order chi connectivity index (χ0) is 10.1. The molecule has 78 valence electrons. The summed E-state index contributed by atoms with van der Waals surface area (Å²) in [4.78, 5) is 11.3. The second kappa shape index (κ2) is 7.86. The van der Waals surface area contributed by atoms with Gasteiger partial charge < -0.3 is 4.74 Å². The number of nitrogens with one attached hydrogen (secondary N) is 1. The molecule has 0 atom stereocenters. The van der Waals surface area contributed by atoms with E-state index in [0.717, 1.165) is 19.4 Å². The van der Waals surface area contributed by atoms with Crippen LogP contribution in [0, 0.1) is 0 Å². The Hall–Kier alpha value is -0.770. The van der Waals surface area contributed by atoms with E-state index in [-0.39, 0.29) is 6.09 Å². The number of hydrogen-bond donors (Lipinski definition) is 1. The first-order valence-corrected chi connectivity index (χ1v) is 4.94. The molecule has 0 aromatic carbocycles. The van der Waals surface area contributed by atoms with Gasteiger partial charge in [0.15, 0.2) is 0 Å². The Morgan fingerprint density at radius 3 is 2.46 bits per heavy atom. The van der Waals surface area contributed by atoms with E-state index < -0.39 is 0 Å². The topological polar surface area (TPSA) is 41.6 Å². The molecule has 0 aliphatic heterocycles. The third kappa shape index (κ3) is 5.47. The highest BCUT2D eigenvalue weighted by Crippen LogP contribution is 1.92. The Labute approximate surface area is 80.2 Å². The molecule has 1 amide bonds. The van der Waals surface area contributed by atoms with Crippen LogP contribution in [0.15, 0.2) is 0 Å². The van der Waals surface area contributed by atoms with Crippen LogP contribution < -0.4 is 5.43 Å². The van der Waals surface area contributed by atoms with E-state index in [4.69, 9.17) is 4.74 Å². The molecule has 1 N–H and O–H groups in total. The second-order valence-corrected chi connectivity index (χ2v) is 2.76. The number of rotatable bonds is 6. The van der Waals surface area contributed by atoms with E-state index in [2.05, 4.69) is 12.3 Å². The Kier molecular flexibility index (Phi) is 7.39. The summed E-state index contributed by atoms with van der Waals surface area (Å²) in [5.74, 6) is 0. The van der Waals surface area contributed by atoms with Crippen molar-refractivity contribution in [2.24, 2.45) is 0 Å². The fourth-order valence-corrected chi connectivity index (χ4v) is 0.907. The summed E-state index contributed by atoms with van der Waals surface area (Å²) in [5.41, 5.74) is 3.01. The van der Waals surface area contributed by atoms with Gasteiger partial charge in [0.2, 0.25) is 0 Å². The quantitative estimate of drug-likeness (QED) is 0.646. The van der Waals surface area contributed by atoms with Gasteiger partial charge in [-0.05, 0) is 19.8 Å². The van der Waals surface area contributed by atoms with Gasteiger partial charge in [0.25, 0.3) is 0 Å². The molecule has 0 saturated heterocycles. The summed E-state index contributed by atoms with van der Waals surface area (Å²) in [6.07, 6.45) is 1.65. The van der Waals surface area contributed by atoms with Crippen LogP contribution in [0.1, 0.15) is 33.6 Å². The van der Waals surface area contributed by atoms with Gasteiger partial charge >= 0.3 is 6.09 Å². The highest BCUT2D eigenvalue weighted by molar-refractivity contribution is 5.66. The van der Waals surface area contributed by atoms with E-state index in [1.807, 2.05) is 13.8 Å². The van der Waals surface area contributed by atoms with Gasteiger partial charge in [-0.3, -0.25) is 0 Å². The van der Waals surface area contributed by atoms with E-state index in [9.17, 15) is 4.79 Å². The van der Waals surface area contributed by atoms with Crippen molar-refractivity contribution < 1.29 is 9.53 Å². The molecule has 0 rings (SSSR count). The van der Waals surface area contributed by atoms with Crippen molar-refractivity contribution in [3.05, 3.63) is 0 Å². The molecule has 0 aliphatic carbocycles. The molecule has 0 aromatic heterocycles. The van der Waals surface area contributed by atoms with Crippen LogP contribution in [0.25, 0.3) is 0 Å². The van der Waals surface area contributed by atoms with Gasteiger partial charge in [-0.15, -0.1) is 0 Å². The minimum absolute atomic E-state index is 0.280. The first-order valence-electron chi connectivity index (χ1n) is 4.94. The molecule has 0 heterocycles. The summed E-state index contributed by atoms with van der Waals surface area (Å²) < 4.78 is 4.88. The molecule has 0 aliphatic rings. The molecule has 0 saturated carbocycles. The van der Waals surface area contributed by atoms with E-state index in [1.54, 1.807) is 0 Å². The zero-order valence-corrected chi connectivity index (χ0v) is 8.80. The Morgan fingerprint density at radius 1 is 1.31 bits per heavy atom. The summed E-state index contributed by atoms with van der Waals surface area (Å²) in [7, 11) is 0. The predicted octanol–water partition coefficient (Wildman–Crippen LogP) is 1.77. The van der Waals surface area contributed by atoms with Gasteiger partial charge in [-0.25, -0.2) is 15.2 Å². The average molecular weight is 188 g/mol. The summed E-state index contributed by atoms with van der Waals surface area (Å²) in [6, 6.07) is 0. The molecule has 0 fully saturated rings. The van der Waals surface area contributed by atoms with Crippen LogP contribution in [0.4, 0.5) is 4.79 Å². The maximum absolute atomic E-state index is 11.3. The lowest BCUT2D eigenvalue weighted by molar-refractivity contribution is 0.0865. The third-order valence-electron chi connectivity index (χ3n) is 1.49. The number of nitrogens with zero attached hydrogens (tertiary/aromatic N) is 1. The van der Waals surface area contributed by atoms with Crippen LogP contribution >= 0.6 is 0 Å². The van der Waals surface area contributed by atoms with Crippen molar-refractivity contribution in [2.45, 2.75) is 33.6 Å². The number of ether oxygens (including phenoxy) is 1. The van der Waals surface area contributed by atoms with Crippen molar-refractivity contribution in [2.75, 3.05) is 19.7 Å². The lowest BCUT2D eigenvalue weighted by Crippen LogP contribution is -2.43. The van der Waals surface area contributed by atoms with Crippen molar-refractivity contribution in [3.63, 3.8) is 0 Å². The van der Waals surface area contributed by atoms with Gasteiger partial charge in [0, 0.05) is 13.1 Å². The minimum Gasteiger partial charge on any atom is -0.449 e. The number of carbonyl (C=O) groups is 1. The number of carbonyl (C=O) groups excluding carboxylic acids is 1. The smallest absolute Gasteiger partial charge is 0.424 e. The largest absolute Gasteiger partial charge is 0.449 e. The first-order chi connectivity index (χ1) is 6.26. The predicted molar refractivity (Wildman–Crippen MR) is 52.3 cm³/mol. The highest BCUT2D eigenvalue weighted by Gasteiger charge is 2.11. The molecule has 0 spiro atoms. The normalized spacial score (nSPS) is 9.77. The van der Waals surface area contributed by atoms with Gasteiger partial charge in [-0.2, -0.15) is 0 Å². The standard InChI is InChI=1S/C9H20N2O2/c1-4-7-10-11(8-5-2)9(12)13-6-3/h10H,4-8H2,1-3H3. The molecule has 4 nitrogen and oxygen atoms in total. The molecule has 0 aromatic rings. The highest BCUT2D eigenvalue weighted by atomic mass is 16.6. The van der Waals surface area contributed by atoms with Crippen molar-refractivity contribution in [1.29, 1.82) is 0 Å². The zero-order valence-electron chi connectivity index (χ0n) is 8.80. The van der Waals surface area contributed by atoms with Crippen molar-refractivity contribution in [3.8, 4) is 0 Å². The lowest BCUT2D eigenvalue weighted by Gasteiger charge is -2.21. The molecule has 13 heavy (non-hydrogen) atoms. The van der Waals surface area contributed by atoms with Crippen LogP contribution in [-0.4, -0.2) is 30.8 Å². The second-order valence-electron chi connectivity index (χ2n) is 2.76. The van der Waals surface area contributed by atoms with Crippen LogP contribution in [0.5, 0.6) is 0 Å². The van der Waals surface area contributed by atoms with Gasteiger partial charge in [0.1, 0.15) is 0 Å². The molecule has 4 heteroatoms. The Bertz CT molecular complexity index is 140. The third-order valence-corrected chi connectivity index (χ3v) is 1.49. The monoisotopic (exact) mass is 188 g/mol. The fraction of sp³-hybridized carbons (Fsp3) is 0.889. The molecule has 0 unspecified atom stereocenters. The maximum Gasteiger partial charge on any atom is 0.424 e. The first kappa shape index (κ1) is 12.2. The lowest BCUT2D eigenvalue weighted by atomic mass is 10.4. The van der Waals surface area contributed by atoms with Crippen LogP contribution in [0.3, 0.4) is 0 Å². The minimum atomic E-state index is -0.280. The van der Waals surface area contributed by atoms with E-state index in [0.29, 0.717) is 13.2 Å². The fourth-order valence-electron chi connectivity index (χ4n) is 0.907. The van der Waals surface area contributed by atoms with Crippen molar-refractivity contribution >= 4 is 6.09 Å². The molecule has 0 bridgehead atoms. The van der Waals surface area contributed by atoms with E-state index >= 15 is 0 Å². The molecular weight excluding hydrogens is 168 g/mol. The number of amides is 1. The maximum atomic E-state index is 11.3. The SMILES string of the molecule is CCCNN(CCC)C(=O)OCC. The number of hydrazine groups is 1. The van der Waals surface area contributed by atoms with Crippen molar-refractivity contribution in [1.82, 2.24) is 10.4 Å². The van der Waals surface area contributed by atoms with Gasteiger partial charge in [0.05, 0.1) is 6.61 Å². The summed E-state index contributed by atoms with van der Waals surface area (Å²) in [5, 5.41) is 1.53. The average Bonchev–Trinajstić information content (AvgIpc) is 2.12. The van der Waals surface area contributed by atoms with E-state index in [1.165, 1.54) is 5.01 Å². The van der Waals surface area contributed by atoms with Crippen LogP contribution in [0.2, 0.25) is 0 Å². The van der Waals surface area contributed by atoms with Gasteiger partial charge in [-0.1, -0.05) is 13.8 Å². The van der Waals surface area contributed by atoms with Crippen LogP contribution in [-0.2, 0) is 4.74 Å². The summed E-state index contributed by atoms with van der Waals surface area (Å²) in [6.45, 7) is 7.81.